The molecule has 1 heterocycles. The van der Waals surface area contributed by atoms with E-state index >= 15 is 0 Å². The molecule has 0 bridgehead atoms. The Kier molecular flexibility index (Phi) is 8.76. The molecular formula is C31H37FN2O2. The van der Waals surface area contributed by atoms with Crippen LogP contribution in [0.25, 0.3) is 11.1 Å². The Morgan fingerprint density at radius 1 is 0.889 bits per heavy atom. The van der Waals surface area contributed by atoms with Crippen molar-refractivity contribution in [2.24, 2.45) is 0 Å². The number of anilines is 1. The summed E-state index contributed by atoms with van der Waals surface area (Å²) in [5.41, 5.74) is 3.57. The fourth-order valence-corrected chi connectivity index (χ4v) is 5.30. The summed E-state index contributed by atoms with van der Waals surface area (Å²) in [6, 6.07) is 25.2. The first-order valence-corrected chi connectivity index (χ1v) is 13.1. The molecule has 0 radical (unpaired) electrons. The molecule has 0 amide bonds. The molecule has 0 saturated carbocycles. The average Bonchev–Trinajstić information content (AvgIpc) is 2.92. The number of piperazine rings is 1. The standard InChI is InChI=1S/C31H37FN2O2/c1-3-31(30(35)36-4-2,27-13-6-5-7-14-27)17-10-18-33-19-21-34(22-20-33)29-16-9-12-26(24-29)25-11-8-15-28(32)23-25/h5-9,11-16,23-24H,3-4,10,17-22H2,1-2H3. The molecule has 1 unspecified atom stereocenters. The smallest absolute Gasteiger partial charge is 0.316 e. The predicted molar refractivity (Wildman–Crippen MR) is 145 cm³/mol. The quantitative estimate of drug-likeness (QED) is 0.313. The lowest BCUT2D eigenvalue weighted by Crippen LogP contribution is -2.47. The lowest BCUT2D eigenvalue weighted by molar-refractivity contribution is -0.150. The molecule has 3 aromatic carbocycles. The zero-order valence-electron chi connectivity index (χ0n) is 21.5. The van der Waals surface area contributed by atoms with Gasteiger partial charge >= 0.3 is 5.97 Å². The summed E-state index contributed by atoms with van der Waals surface area (Å²) in [5, 5.41) is 0. The molecule has 1 aliphatic rings. The van der Waals surface area contributed by atoms with Crippen LogP contribution in [0.3, 0.4) is 0 Å². The van der Waals surface area contributed by atoms with E-state index in [9.17, 15) is 9.18 Å². The van der Waals surface area contributed by atoms with Crippen molar-refractivity contribution >= 4 is 11.7 Å². The van der Waals surface area contributed by atoms with E-state index in [0.29, 0.717) is 6.61 Å². The van der Waals surface area contributed by atoms with Crippen LogP contribution in [-0.4, -0.2) is 50.2 Å². The topological polar surface area (TPSA) is 32.8 Å². The highest BCUT2D eigenvalue weighted by Gasteiger charge is 2.39. The summed E-state index contributed by atoms with van der Waals surface area (Å²) in [6.07, 6.45) is 2.45. The summed E-state index contributed by atoms with van der Waals surface area (Å²) >= 11 is 0. The molecule has 4 nitrogen and oxygen atoms in total. The molecule has 0 aromatic heterocycles. The maximum absolute atomic E-state index is 13.7. The number of benzene rings is 3. The largest absolute Gasteiger partial charge is 0.465 e. The zero-order chi connectivity index (χ0) is 25.4. The van der Waals surface area contributed by atoms with Crippen LogP contribution >= 0.6 is 0 Å². The first kappa shape index (κ1) is 25.9. The van der Waals surface area contributed by atoms with Crippen molar-refractivity contribution in [2.75, 3.05) is 44.2 Å². The molecule has 1 saturated heterocycles. The first-order valence-electron chi connectivity index (χ1n) is 13.1. The Labute approximate surface area is 214 Å². The Bertz CT molecular complexity index is 1130. The minimum Gasteiger partial charge on any atom is -0.465 e. The predicted octanol–water partition coefficient (Wildman–Crippen LogP) is 6.31. The number of hydrogen-bond donors (Lipinski definition) is 0. The zero-order valence-corrected chi connectivity index (χ0v) is 21.5. The monoisotopic (exact) mass is 488 g/mol. The van der Waals surface area contributed by atoms with Crippen molar-refractivity contribution in [1.82, 2.24) is 4.90 Å². The summed E-state index contributed by atoms with van der Waals surface area (Å²) in [4.78, 5) is 18.0. The number of esters is 1. The van der Waals surface area contributed by atoms with E-state index in [1.165, 1.54) is 11.8 Å². The second kappa shape index (κ2) is 12.2. The lowest BCUT2D eigenvalue weighted by Gasteiger charge is -2.37. The van der Waals surface area contributed by atoms with Gasteiger partial charge in [-0.05, 0) is 73.7 Å². The fourth-order valence-electron chi connectivity index (χ4n) is 5.30. The lowest BCUT2D eigenvalue weighted by atomic mass is 9.74. The number of carbonyl (C=O) groups excluding carboxylic acids is 1. The van der Waals surface area contributed by atoms with E-state index in [1.807, 2.05) is 43.3 Å². The summed E-state index contributed by atoms with van der Waals surface area (Å²) in [7, 11) is 0. The van der Waals surface area contributed by atoms with E-state index in [2.05, 4.69) is 41.0 Å². The SMILES string of the molecule is CCOC(=O)C(CC)(CCCN1CCN(c2cccc(-c3cccc(F)c3)c2)CC1)c1ccccc1. The van der Waals surface area contributed by atoms with Gasteiger partial charge in [0.1, 0.15) is 5.82 Å². The summed E-state index contributed by atoms with van der Waals surface area (Å²) in [6.45, 7) is 9.17. The molecule has 190 valence electrons. The van der Waals surface area contributed by atoms with Crippen molar-refractivity contribution in [2.45, 2.75) is 38.5 Å². The highest BCUT2D eigenvalue weighted by Crippen LogP contribution is 2.35. The Morgan fingerprint density at radius 2 is 1.58 bits per heavy atom. The number of carbonyl (C=O) groups is 1. The average molecular weight is 489 g/mol. The van der Waals surface area contributed by atoms with Crippen LogP contribution in [0.1, 0.15) is 38.7 Å². The van der Waals surface area contributed by atoms with Crippen LogP contribution < -0.4 is 4.90 Å². The van der Waals surface area contributed by atoms with Crippen LogP contribution in [0.15, 0.2) is 78.9 Å². The number of nitrogens with zero attached hydrogens (tertiary/aromatic N) is 2. The molecule has 4 rings (SSSR count). The molecule has 1 fully saturated rings. The highest BCUT2D eigenvalue weighted by atomic mass is 19.1. The van der Waals surface area contributed by atoms with Gasteiger partial charge in [-0.3, -0.25) is 9.69 Å². The molecule has 0 spiro atoms. The van der Waals surface area contributed by atoms with Crippen molar-refractivity contribution in [1.29, 1.82) is 0 Å². The molecule has 0 aliphatic carbocycles. The normalized spacial score (nSPS) is 15.9. The van der Waals surface area contributed by atoms with Gasteiger partial charge in [0, 0.05) is 31.9 Å². The van der Waals surface area contributed by atoms with Gasteiger partial charge < -0.3 is 9.64 Å². The second-order valence-corrected chi connectivity index (χ2v) is 9.52. The first-order chi connectivity index (χ1) is 17.6. The molecule has 0 N–H and O–H groups in total. The van der Waals surface area contributed by atoms with Crippen molar-refractivity contribution < 1.29 is 13.9 Å². The van der Waals surface area contributed by atoms with Crippen LogP contribution in [-0.2, 0) is 14.9 Å². The van der Waals surface area contributed by atoms with E-state index in [-0.39, 0.29) is 11.8 Å². The van der Waals surface area contributed by atoms with Gasteiger partial charge in [0.2, 0.25) is 0 Å². The third-order valence-corrected chi connectivity index (χ3v) is 7.42. The Morgan fingerprint density at radius 3 is 2.25 bits per heavy atom. The molecule has 3 aromatic rings. The summed E-state index contributed by atoms with van der Waals surface area (Å²) in [5.74, 6) is -0.324. The van der Waals surface area contributed by atoms with E-state index < -0.39 is 5.41 Å². The number of ether oxygens (including phenoxy) is 1. The van der Waals surface area contributed by atoms with Crippen molar-refractivity contribution in [3.8, 4) is 11.1 Å². The van der Waals surface area contributed by atoms with Gasteiger partial charge in [0.25, 0.3) is 0 Å². The van der Waals surface area contributed by atoms with E-state index in [0.717, 1.165) is 68.7 Å². The Balaban J connectivity index is 1.34. The number of halogens is 1. The van der Waals surface area contributed by atoms with Gasteiger partial charge in [-0.25, -0.2) is 4.39 Å². The van der Waals surface area contributed by atoms with Crippen molar-refractivity contribution in [3.05, 3.63) is 90.2 Å². The van der Waals surface area contributed by atoms with Crippen LogP contribution in [0.5, 0.6) is 0 Å². The number of hydrogen-bond acceptors (Lipinski definition) is 4. The van der Waals surface area contributed by atoms with E-state index in [1.54, 1.807) is 12.1 Å². The van der Waals surface area contributed by atoms with Gasteiger partial charge in [0.05, 0.1) is 12.0 Å². The van der Waals surface area contributed by atoms with Gasteiger partial charge in [0.15, 0.2) is 0 Å². The van der Waals surface area contributed by atoms with Gasteiger partial charge in [-0.1, -0.05) is 61.5 Å². The molecule has 1 atom stereocenters. The number of rotatable bonds is 10. The second-order valence-electron chi connectivity index (χ2n) is 9.52. The molecule has 5 heteroatoms. The minimum atomic E-state index is -0.587. The summed E-state index contributed by atoms with van der Waals surface area (Å²) < 4.78 is 19.2. The minimum absolute atomic E-state index is 0.110. The van der Waals surface area contributed by atoms with Crippen molar-refractivity contribution in [3.63, 3.8) is 0 Å². The maximum atomic E-state index is 13.7. The van der Waals surface area contributed by atoms with Gasteiger partial charge in [-0.15, -0.1) is 0 Å². The molecule has 1 aliphatic heterocycles. The molecule has 36 heavy (non-hydrogen) atoms. The molecular weight excluding hydrogens is 451 g/mol. The highest BCUT2D eigenvalue weighted by molar-refractivity contribution is 5.83. The third kappa shape index (κ3) is 5.96. The van der Waals surface area contributed by atoms with Crippen LogP contribution in [0, 0.1) is 5.82 Å². The fraction of sp³-hybridized carbons (Fsp3) is 0.387. The van der Waals surface area contributed by atoms with Crippen LogP contribution in [0.2, 0.25) is 0 Å². The van der Waals surface area contributed by atoms with Crippen LogP contribution in [0.4, 0.5) is 10.1 Å². The van der Waals surface area contributed by atoms with E-state index in [4.69, 9.17) is 4.74 Å². The Hall–Kier alpha value is -3.18. The van der Waals surface area contributed by atoms with Gasteiger partial charge in [-0.2, -0.15) is 0 Å². The maximum Gasteiger partial charge on any atom is 0.316 e. The third-order valence-electron chi connectivity index (χ3n) is 7.42.